The Hall–Kier alpha value is -2.95. The van der Waals surface area contributed by atoms with Crippen molar-refractivity contribution in [2.45, 2.75) is 0 Å². The molecule has 0 radical (unpaired) electrons. The standard InChI is InChI=1S/C21H27N5O4/c22-15-20(24)21(16-23)25-17-18-1-3-19(4-2-18)26-5-7-27-9-11-29-13-14-30-12-10-28-8-6-26/h1-4,17H,5-14,24H2/b21-20-,25-17?. The summed E-state index contributed by atoms with van der Waals surface area (Å²) in [4.78, 5) is 6.16. The van der Waals surface area contributed by atoms with Gasteiger partial charge in [0.15, 0.2) is 5.70 Å². The Labute approximate surface area is 176 Å². The number of nitrogens with two attached hydrogens (primary N) is 1. The summed E-state index contributed by atoms with van der Waals surface area (Å²) in [7, 11) is 0. The van der Waals surface area contributed by atoms with Crippen LogP contribution in [0.1, 0.15) is 5.56 Å². The van der Waals surface area contributed by atoms with Crippen LogP contribution in [0.3, 0.4) is 0 Å². The van der Waals surface area contributed by atoms with Gasteiger partial charge >= 0.3 is 0 Å². The summed E-state index contributed by atoms with van der Waals surface area (Å²) in [5.74, 6) is 0. The second kappa shape index (κ2) is 14.1. The Morgan fingerprint density at radius 1 is 0.833 bits per heavy atom. The van der Waals surface area contributed by atoms with Gasteiger partial charge in [-0.2, -0.15) is 10.5 Å². The van der Waals surface area contributed by atoms with Gasteiger partial charge in [0.1, 0.15) is 17.8 Å². The molecule has 0 spiro atoms. The maximum Gasteiger partial charge on any atom is 0.174 e. The molecular formula is C21H27N5O4. The number of ether oxygens (including phenoxy) is 4. The number of benzene rings is 1. The SMILES string of the molecule is N#C/C(N)=C(\C#N)N=Cc1ccc(N2CCOCCOCCOCCOCC2)cc1. The van der Waals surface area contributed by atoms with E-state index in [1.165, 1.54) is 6.21 Å². The van der Waals surface area contributed by atoms with Crippen molar-refractivity contribution in [3.63, 3.8) is 0 Å². The average Bonchev–Trinajstić information content (AvgIpc) is 2.79. The van der Waals surface area contributed by atoms with E-state index in [2.05, 4.69) is 9.89 Å². The maximum atomic E-state index is 9.00. The highest BCUT2D eigenvalue weighted by Crippen LogP contribution is 2.15. The first-order chi connectivity index (χ1) is 14.7. The van der Waals surface area contributed by atoms with E-state index in [0.717, 1.165) is 11.3 Å². The molecule has 0 amide bonds. The number of nitriles is 2. The van der Waals surface area contributed by atoms with E-state index in [9.17, 15) is 0 Å². The number of hydrogen-bond donors (Lipinski definition) is 1. The van der Waals surface area contributed by atoms with Crippen molar-refractivity contribution >= 4 is 11.9 Å². The molecule has 30 heavy (non-hydrogen) atoms. The lowest BCUT2D eigenvalue weighted by atomic mass is 10.2. The number of aliphatic imine (C=N–C) groups is 1. The molecule has 9 nitrogen and oxygen atoms in total. The predicted molar refractivity (Wildman–Crippen MR) is 112 cm³/mol. The van der Waals surface area contributed by atoms with Gasteiger partial charge in [0.2, 0.25) is 0 Å². The molecule has 0 aliphatic carbocycles. The number of anilines is 1. The molecule has 1 aromatic carbocycles. The van der Waals surface area contributed by atoms with Crippen molar-refractivity contribution in [3.8, 4) is 12.1 Å². The van der Waals surface area contributed by atoms with Crippen LogP contribution in [-0.2, 0) is 18.9 Å². The molecule has 1 fully saturated rings. The molecule has 1 aliphatic rings. The highest BCUT2D eigenvalue weighted by Gasteiger charge is 2.07. The zero-order chi connectivity index (χ0) is 21.4. The largest absolute Gasteiger partial charge is 0.388 e. The van der Waals surface area contributed by atoms with Crippen molar-refractivity contribution in [3.05, 3.63) is 41.2 Å². The summed E-state index contributed by atoms with van der Waals surface area (Å²) in [6, 6.07) is 11.2. The second-order valence-electron chi connectivity index (χ2n) is 6.27. The molecular weight excluding hydrogens is 386 g/mol. The van der Waals surface area contributed by atoms with Crippen molar-refractivity contribution in [1.29, 1.82) is 10.5 Å². The summed E-state index contributed by atoms with van der Waals surface area (Å²) in [5.41, 5.74) is 6.95. The van der Waals surface area contributed by atoms with Crippen molar-refractivity contribution in [1.82, 2.24) is 0 Å². The third-order valence-corrected chi connectivity index (χ3v) is 4.21. The highest BCUT2D eigenvalue weighted by atomic mass is 16.6. The van der Waals surface area contributed by atoms with Crippen LogP contribution in [0.2, 0.25) is 0 Å². The molecule has 2 N–H and O–H groups in total. The Balaban J connectivity index is 1.99. The number of hydrogen-bond acceptors (Lipinski definition) is 9. The van der Waals surface area contributed by atoms with E-state index in [4.69, 9.17) is 35.2 Å². The molecule has 0 aromatic heterocycles. The fourth-order valence-corrected chi connectivity index (χ4v) is 2.60. The Kier molecular flexibility index (Phi) is 11.0. The summed E-state index contributed by atoms with van der Waals surface area (Å²) >= 11 is 0. The minimum absolute atomic E-state index is 0.102. The van der Waals surface area contributed by atoms with E-state index in [1.807, 2.05) is 30.3 Å². The highest BCUT2D eigenvalue weighted by molar-refractivity contribution is 5.81. The van der Waals surface area contributed by atoms with Crippen LogP contribution in [-0.4, -0.2) is 72.2 Å². The second-order valence-corrected chi connectivity index (χ2v) is 6.27. The molecule has 0 unspecified atom stereocenters. The normalized spacial score (nSPS) is 18.5. The number of allylic oxidation sites excluding steroid dienone is 2. The van der Waals surface area contributed by atoms with Gasteiger partial charge in [-0.25, -0.2) is 4.99 Å². The van der Waals surface area contributed by atoms with Gasteiger partial charge in [0.05, 0.1) is 52.9 Å². The zero-order valence-corrected chi connectivity index (χ0v) is 17.0. The molecule has 1 aliphatic heterocycles. The quantitative estimate of drug-likeness (QED) is 0.579. The van der Waals surface area contributed by atoms with Crippen LogP contribution in [0.15, 0.2) is 40.7 Å². The fourth-order valence-electron chi connectivity index (χ4n) is 2.60. The first-order valence-corrected chi connectivity index (χ1v) is 9.74. The summed E-state index contributed by atoms with van der Waals surface area (Å²) in [6.45, 7) is 5.87. The number of rotatable bonds is 3. The molecule has 9 heteroatoms. The molecule has 0 saturated carbocycles. The third-order valence-electron chi connectivity index (χ3n) is 4.21. The predicted octanol–water partition coefficient (Wildman–Crippen LogP) is 1.21. The summed E-state index contributed by atoms with van der Waals surface area (Å²) < 4.78 is 22.2. The van der Waals surface area contributed by atoms with Crippen LogP contribution in [0.5, 0.6) is 0 Å². The van der Waals surface area contributed by atoms with Gasteiger partial charge in [-0.1, -0.05) is 12.1 Å². The Morgan fingerprint density at radius 2 is 1.33 bits per heavy atom. The average molecular weight is 413 g/mol. The van der Waals surface area contributed by atoms with Crippen LogP contribution in [0, 0.1) is 22.7 Å². The Bertz CT molecular complexity index is 764. The zero-order valence-electron chi connectivity index (χ0n) is 17.0. The fraction of sp³-hybridized carbons (Fsp3) is 0.476. The molecule has 1 saturated heterocycles. The molecule has 1 aromatic rings. The number of nitrogens with zero attached hydrogens (tertiary/aromatic N) is 4. The lowest BCUT2D eigenvalue weighted by Gasteiger charge is -2.25. The maximum absolute atomic E-state index is 9.00. The molecule has 0 bridgehead atoms. The van der Waals surface area contributed by atoms with Crippen LogP contribution in [0.25, 0.3) is 0 Å². The van der Waals surface area contributed by atoms with Crippen LogP contribution >= 0.6 is 0 Å². The van der Waals surface area contributed by atoms with Gasteiger partial charge in [-0.3, -0.25) is 0 Å². The minimum Gasteiger partial charge on any atom is -0.388 e. The van der Waals surface area contributed by atoms with Crippen LogP contribution < -0.4 is 10.6 Å². The topological polar surface area (TPSA) is 126 Å². The molecule has 0 atom stereocenters. The van der Waals surface area contributed by atoms with E-state index >= 15 is 0 Å². The molecule has 2 rings (SSSR count). The minimum atomic E-state index is -0.206. The van der Waals surface area contributed by atoms with E-state index in [-0.39, 0.29) is 11.4 Å². The Morgan fingerprint density at radius 3 is 1.80 bits per heavy atom. The van der Waals surface area contributed by atoms with Gasteiger partial charge in [0.25, 0.3) is 0 Å². The van der Waals surface area contributed by atoms with Gasteiger partial charge in [0, 0.05) is 25.0 Å². The van der Waals surface area contributed by atoms with Gasteiger partial charge in [-0.15, -0.1) is 0 Å². The molecule has 1 heterocycles. The lowest BCUT2D eigenvalue weighted by molar-refractivity contribution is 0.00206. The van der Waals surface area contributed by atoms with Crippen molar-refractivity contribution < 1.29 is 18.9 Å². The smallest absolute Gasteiger partial charge is 0.174 e. The summed E-state index contributed by atoms with van der Waals surface area (Å²) in [5, 5.41) is 17.8. The lowest BCUT2D eigenvalue weighted by Crippen LogP contribution is -2.31. The first kappa shape index (κ1) is 23.3. The third kappa shape index (κ3) is 8.60. The van der Waals surface area contributed by atoms with Gasteiger partial charge in [-0.05, 0) is 17.7 Å². The monoisotopic (exact) mass is 413 g/mol. The van der Waals surface area contributed by atoms with E-state index in [0.29, 0.717) is 65.9 Å². The van der Waals surface area contributed by atoms with E-state index in [1.54, 1.807) is 6.07 Å². The van der Waals surface area contributed by atoms with Crippen LogP contribution in [0.4, 0.5) is 5.69 Å². The summed E-state index contributed by atoms with van der Waals surface area (Å²) in [6.07, 6.45) is 1.50. The van der Waals surface area contributed by atoms with E-state index < -0.39 is 0 Å². The molecule has 160 valence electrons. The van der Waals surface area contributed by atoms with Crippen molar-refractivity contribution in [2.24, 2.45) is 10.7 Å². The van der Waals surface area contributed by atoms with Gasteiger partial charge < -0.3 is 29.6 Å². The van der Waals surface area contributed by atoms with Crippen molar-refractivity contribution in [2.75, 3.05) is 70.8 Å². The first-order valence-electron chi connectivity index (χ1n) is 9.74.